The van der Waals surface area contributed by atoms with Crippen molar-refractivity contribution in [3.63, 3.8) is 0 Å². The van der Waals surface area contributed by atoms with E-state index in [9.17, 15) is 0 Å². The summed E-state index contributed by atoms with van der Waals surface area (Å²) in [7, 11) is 4.94. The van der Waals surface area contributed by atoms with Gasteiger partial charge in [0.15, 0.2) is 11.5 Å². The summed E-state index contributed by atoms with van der Waals surface area (Å²) in [5.74, 6) is 2.19. The maximum Gasteiger partial charge on any atom is 0.164 e. The Morgan fingerprint density at radius 2 is 1.67 bits per heavy atom. The fourth-order valence-electron chi connectivity index (χ4n) is 2.33. The third-order valence-corrected chi connectivity index (χ3v) is 3.42. The van der Waals surface area contributed by atoms with Crippen molar-refractivity contribution in [1.29, 1.82) is 0 Å². The van der Waals surface area contributed by atoms with Crippen molar-refractivity contribution in [1.82, 2.24) is 5.32 Å². The summed E-state index contributed by atoms with van der Waals surface area (Å²) in [6, 6.07) is 4.06. The summed E-state index contributed by atoms with van der Waals surface area (Å²) in [5, 5.41) is 3.50. The van der Waals surface area contributed by atoms with Crippen molar-refractivity contribution in [3.05, 3.63) is 29.8 Å². The Hall–Kier alpha value is -1.68. The molecule has 0 spiro atoms. The highest BCUT2D eigenvalue weighted by Gasteiger charge is 2.19. The van der Waals surface area contributed by atoms with Gasteiger partial charge in [0.2, 0.25) is 0 Å². The van der Waals surface area contributed by atoms with Gasteiger partial charge in [-0.3, -0.25) is 0 Å². The van der Waals surface area contributed by atoms with Gasteiger partial charge in [-0.25, -0.2) is 0 Å². The molecule has 21 heavy (non-hydrogen) atoms. The summed E-state index contributed by atoms with van der Waals surface area (Å²) in [4.78, 5) is 0. The van der Waals surface area contributed by atoms with Crippen molar-refractivity contribution >= 4 is 0 Å². The number of rotatable bonds is 9. The predicted octanol–water partition coefficient (Wildman–Crippen LogP) is 3.72. The zero-order valence-corrected chi connectivity index (χ0v) is 13.8. The van der Waals surface area contributed by atoms with Crippen LogP contribution in [0.15, 0.2) is 24.3 Å². The molecule has 1 aromatic carbocycles. The van der Waals surface area contributed by atoms with Crippen molar-refractivity contribution < 1.29 is 14.2 Å². The van der Waals surface area contributed by atoms with Crippen molar-refractivity contribution in [2.75, 3.05) is 27.9 Å². The van der Waals surface area contributed by atoms with Gasteiger partial charge in [0.05, 0.1) is 21.3 Å². The normalized spacial score (nSPS) is 11.9. The van der Waals surface area contributed by atoms with Crippen LogP contribution in [0, 0.1) is 0 Å². The van der Waals surface area contributed by atoms with Crippen LogP contribution in [0.2, 0.25) is 0 Å². The highest BCUT2D eigenvalue weighted by atomic mass is 16.5. The quantitative estimate of drug-likeness (QED) is 0.704. The van der Waals surface area contributed by atoms with Crippen LogP contribution >= 0.6 is 0 Å². The monoisotopic (exact) mass is 293 g/mol. The van der Waals surface area contributed by atoms with Gasteiger partial charge < -0.3 is 19.5 Å². The molecule has 0 aliphatic carbocycles. The molecule has 0 fully saturated rings. The average molecular weight is 293 g/mol. The number of allylic oxidation sites excluding steroid dienone is 1. The molecule has 118 valence electrons. The second-order valence-electron chi connectivity index (χ2n) is 5.06. The van der Waals surface area contributed by atoms with E-state index in [0.29, 0.717) is 11.5 Å². The van der Waals surface area contributed by atoms with Gasteiger partial charge in [-0.05, 0) is 32.4 Å². The Balaban J connectivity index is 3.17. The van der Waals surface area contributed by atoms with E-state index in [0.717, 1.165) is 30.7 Å². The summed E-state index contributed by atoms with van der Waals surface area (Å²) >= 11 is 0. The Bertz CT molecular complexity index is 471. The Kier molecular flexibility index (Phi) is 7.09. The fourth-order valence-corrected chi connectivity index (χ4v) is 2.33. The molecule has 1 unspecified atom stereocenters. The van der Waals surface area contributed by atoms with E-state index in [1.807, 2.05) is 12.1 Å². The maximum atomic E-state index is 5.52. The van der Waals surface area contributed by atoms with Crippen LogP contribution < -0.4 is 19.5 Å². The molecular weight excluding hydrogens is 266 g/mol. The van der Waals surface area contributed by atoms with Crippen LogP contribution in [-0.4, -0.2) is 27.9 Å². The minimum absolute atomic E-state index is 0.196. The van der Waals surface area contributed by atoms with E-state index in [1.54, 1.807) is 21.3 Å². The Morgan fingerprint density at radius 1 is 1.10 bits per heavy atom. The molecule has 4 nitrogen and oxygen atoms in total. The lowest BCUT2D eigenvalue weighted by atomic mass is 9.98. The van der Waals surface area contributed by atoms with E-state index >= 15 is 0 Å². The van der Waals surface area contributed by atoms with Crippen LogP contribution in [0.1, 0.15) is 38.3 Å². The molecule has 1 aromatic rings. The van der Waals surface area contributed by atoms with Gasteiger partial charge in [0.25, 0.3) is 0 Å². The van der Waals surface area contributed by atoms with Gasteiger partial charge >= 0.3 is 0 Å². The molecule has 0 saturated heterocycles. The smallest absolute Gasteiger partial charge is 0.164 e. The van der Waals surface area contributed by atoms with E-state index in [2.05, 4.69) is 25.7 Å². The Labute approximate surface area is 128 Å². The lowest BCUT2D eigenvalue weighted by Gasteiger charge is -2.22. The molecule has 1 rings (SSSR count). The van der Waals surface area contributed by atoms with Gasteiger partial charge in [-0.2, -0.15) is 0 Å². The van der Waals surface area contributed by atoms with Crippen molar-refractivity contribution in [2.24, 2.45) is 0 Å². The molecular formula is C17H27NO3. The van der Waals surface area contributed by atoms with Gasteiger partial charge in [0, 0.05) is 17.7 Å². The van der Waals surface area contributed by atoms with Crippen LogP contribution in [0.25, 0.3) is 0 Å². The predicted molar refractivity (Wildman–Crippen MR) is 86.6 cm³/mol. The number of methoxy groups -OCH3 is 3. The third kappa shape index (κ3) is 4.67. The third-order valence-electron chi connectivity index (χ3n) is 3.42. The number of hydrogen-bond acceptors (Lipinski definition) is 4. The first-order chi connectivity index (χ1) is 10.1. The molecule has 4 heteroatoms. The number of benzene rings is 1. The summed E-state index contributed by atoms with van der Waals surface area (Å²) < 4.78 is 16.3. The molecule has 1 N–H and O–H groups in total. The first-order valence-electron chi connectivity index (χ1n) is 7.25. The number of ether oxygens (including phenoxy) is 3. The van der Waals surface area contributed by atoms with Gasteiger partial charge in [0.1, 0.15) is 5.75 Å². The molecule has 0 bridgehead atoms. The lowest BCUT2D eigenvalue weighted by molar-refractivity contribution is 0.344. The fraction of sp³-hybridized carbons (Fsp3) is 0.529. The summed E-state index contributed by atoms with van der Waals surface area (Å²) in [6.45, 7) is 9.02. The minimum atomic E-state index is 0.196. The number of nitrogens with one attached hydrogen (secondary N) is 1. The average Bonchev–Trinajstić information content (AvgIpc) is 2.49. The van der Waals surface area contributed by atoms with Crippen molar-refractivity contribution in [3.8, 4) is 17.2 Å². The zero-order valence-electron chi connectivity index (χ0n) is 13.8. The lowest BCUT2D eigenvalue weighted by Crippen LogP contribution is -2.21. The maximum absolute atomic E-state index is 5.52. The number of hydrogen-bond donors (Lipinski definition) is 1. The molecule has 1 atom stereocenters. The van der Waals surface area contributed by atoms with Crippen LogP contribution in [0.3, 0.4) is 0 Å². The molecule has 0 aliphatic rings. The second-order valence-corrected chi connectivity index (χ2v) is 5.06. The highest BCUT2D eigenvalue weighted by Crippen LogP contribution is 2.38. The molecule has 0 saturated carbocycles. The van der Waals surface area contributed by atoms with Crippen LogP contribution in [0.4, 0.5) is 0 Å². The minimum Gasteiger partial charge on any atom is -0.496 e. The van der Waals surface area contributed by atoms with Gasteiger partial charge in [-0.15, -0.1) is 6.58 Å². The highest BCUT2D eigenvalue weighted by molar-refractivity contribution is 5.51. The Morgan fingerprint density at radius 3 is 2.14 bits per heavy atom. The largest absolute Gasteiger partial charge is 0.496 e. The summed E-state index contributed by atoms with van der Waals surface area (Å²) in [6.07, 6.45) is 1.93. The molecule has 0 amide bonds. The topological polar surface area (TPSA) is 39.7 Å². The van der Waals surface area contributed by atoms with Gasteiger partial charge in [-0.1, -0.05) is 12.5 Å². The second kappa shape index (κ2) is 8.57. The zero-order chi connectivity index (χ0) is 15.8. The SMILES string of the molecule is C=C(C)CCC(NCC)c1cc(OC)c(OC)cc1OC. The van der Waals surface area contributed by atoms with E-state index < -0.39 is 0 Å². The van der Waals surface area contributed by atoms with Crippen LogP contribution in [0.5, 0.6) is 17.2 Å². The molecule has 0 aromatic heterocycles. The molecule has 0 heterocycles. The van der Waals surface area contributed by atoms with E-state index in [4.69, 9.17) is 14.2 Å². The first-order valence-corrected chi connectivity index (χ1v) is 7.25. The van der Waals surface area contributed by atoms with E-state index in [-0.39, 0.29) is 6.04 Å². The molecule has 0 radical (unpaired) electrons. The van der Waals surface area contributed by atoms with Crippen molar-refractivity contribution in [2.45, 2.75) is 32.7 Å². The standard InChI is InChI=1S/C17H27NO3/c1-7-18-14(9-8-12(2)3)13-10-16(20-5)17(21-6)11-15(13)19-4/h10-11,14,18H,2,7-9H2,1,3-6H3. The summed E-state index contributed by atoms with van der Waals surface area (Å²) in [5.41, 5.74) is 2.26. The molecule has 0 aliphatic heterocycles. The van der Waals surface area contributed by atoms with E-state index in [1.165, 1.54) is 5.57 Å². The first kappa shape index (κ1) is 17.4. The van der Waals surface area contributed by atoms with Crippen LogP contribution in [-0.2, 0) is 0 Å².